The van der Waals surface area contributed by atoms with Crippen LogP contribution in [-0.2, 0) is 9.53 Å². The van der Waals surface area contributed by atoms with Crippen LogP contribution < -0.4 is 5.32 Å². The number of amides is 1. The Morgan fingerprint density at radius 3 is 2.90 bits per heavy atom. The Hall–Kier alpha value is -2.94. The first-order valence-electron chi connectivity index (χ1n) is 8.21. The van der Waals surface area contributed by atoms with Crippen molar-refractivity contribution in [2.45, 2.75) is 0 Å². The summed E-state index contributed by atoms with van der Waals surface area (Å²) in [5.74, 6) is -1.19. The number of fused-ring (bicyclic) bond motifs is 1. The van der Waals surface area contributed by atoms with Crippen molar-refractivity contribution < 1.29 is 18.7 Å². The zero-order valence-corrected chi connectivity index (χ0v) is 16.8. The second-order valence-electron chi connectivity index (χ2n) is 5.79. The molecule has 0 aliphatic rings. The third kappa shape index (κ3) is 4.24. The standard InChI is InChI=1S/C19H11Cl2N3O4S/c20-10-4-5-11(13(21)6-10)14-8-29-19(23-14)24-16(25)7-27-18(26)12-2-1-3-15-17(12)22-9-28-15/h1-6,8-9H,7H2,(H,23,24,25). The molecule has 4 rings (SSSR count). The van der Waals surface area contributed by atoms with E-state index in [9.17, 15) is 9.59 Å². The monoisotopic (exact) mass is 447 g/mol. The smallest absolute Gasteiger partial charge is 0.340 e. The number of esters is 1. The van der Waals surface area contributed by atoms with Crippen LogP contribution in [-0.4, -0.2) is 28.5 Å². The summed E-state index contributed by atoms with van der Waals surface area (Å²) in [6.45, 7) is -0.469. The number of aromatic nitrogens is 2. The quantitative estimate of drug-likeness (QED) is 0.430. The maximum atomic E-state index is 12.2. The normalized spacial score (nSPS) is 10.8. The van der Waals surface area contributed by atoms with Crippen molar-refractivity contribution in [3.05, 3.63) is 63.8 Å². The number of nitrogens with zero attached hydrogens (tertiary/aromatic N) is 2. The van der Waals surface area contributed by atoms with Crippen LogP contribution in [0.25, 0.3) is 22.4 Å². The van der Waals surface area contributed by atoms with E-state index in [1.54, 1.807) is 41.8 Å². The highest BCUT2D eigenvalue weighted by Gasteiger charge is 2.16. The van der Waals surface area contributed by atoms with Gasteiger partial charge in [-0.3, -0.25) is 10.1 Å². The molecule has 146 valence electrons. The molecule has 2 aromatic heterocycles. The summed E-state index contributed by atoms with van der Waals surface area (Å²) in [5.41, 5.74) is 2.35. The minimum Gasteiger partial charge on any atom is -0.452 e. The Morgan fingerprint density at radius 1 is 1.21 bits per heavy atom. The van der Waals surface area contributed by atoms with Crippen LogP contribution in [0.15, 0.2) is 52.6 Å². The van der Waals surface area contributed by atoms with E-state index >= 15 is 0 Å². The van der Waals surface area contributed by atoms with Gasteiger partial charge in [0, 0.05) is 16.0 Å². The van der Waals surface area contributed by atoms with Crippen LogP contribution in [0.2, 0.25) is 10.0 Å². The molecule has 7 nitrogen and oxygen atoms in total. The molecule has 4 aromatic rings. The molecule has 1 amide bonds. The maximum absolute atomic E-state index is 12.2. The number of nitrogens with one attached hydrogen (secondary N) is 1. The summed E-state index contributed by atoms with van der Waals surface area (Å²) in [4.78, 5) is 32.7. The number of thiazole rings is 1. The first-order chi connectivity index (χ1) is 14.0. The number of halogens is 2. The van der Waals surface area contributed by atoms with Crippen molar-refractivity contribution in [3.63, 3.8) is 0 Å². The fourth-order valence-corrected chi connectivity index (χ4v) is 3.80. The lowest BCUT2D eigenvalue weighted by atomic mass is 10.2. The highest BCUT2D eigenvalue weighted by molar-refractivity contribution is 7.14. The van der Waals surface area contributed by atoms with Gasteiger partial charge in [0.1, 0.15) is 5.52 Å². The number of rotatable bonds is 5. The Balaban J connectivity index is 1.38. The van der Waals surface area contributed by atoms with E-state index in [0.717, 1.165) is 0 Å². The molecule has 0 fully saturated rings. The molecule has 0 radical (unpaired) electrons. The van der Waals surface area contributed by atoms with E-state index in [4.69, 9.17) is 32.4 Å². The van der Waals surface area contributed by atoms with Gasteiger partial charge in [0.05, 0.1) is 16.3 Å². The third-order valence-corrected chi connectivity index (χ3v) is 5.18. The third-order valence-electron chi connectivity index (χ3n) is 3.87. The zero-order valence-electron chi connectivity index (χ0n) is 14.5. The molecule has 29 heavy (non-hydrogen) atoms. The molecule has 0 saturated heterocycles. The molecule has 0 spiro atoms. The summed E-state index contributed by atoms with van der Waals surface area (Å²) in [6, 6.07) is 9.94. The van der Waals surface area contributed by atoms with Gasteiger partial charge in [-0.2, -0.15) is 0 Å². The number of benzene rings is 2. The molecule has 1 N–H and O–H groups in total. The average molecular weight is 448 g/mol. The van der Waals surface area contributed by atoms with E-state index < -0.39 is 18.5 Å². The predicted octanol–water partition coefficient (Wildman–Crippen LogP) is 5.05. The molecular formula is C19H11Cl2N3O4S. The zero-order chi connectivity index (χ0) is 20.4. The molecule has 0 bridgehead atoms. The van der Waals surface area contributed by atoms with Crippen LogP contribution in [0.3, 0.4) is 0 Å². The minimum absolute atomic E-state index is 0.220. The van der Waals surface area contributed by atoms with Crippen molar-refractivity contribution in [3.8, 4) is 11.3 Å². The Kier molecular flexibility index (Phi) is 5.48. The molecule has 2 heterocycles. The molecule has 2 aromatic carbocycles. The SMILES string of the molecule is O=C(COC(=O)c1cccc2ocnc12)Nc1nc(-c2ccc(Cl)cc2Cl)cs1. The summed E-state index contributed by atoms with van der Waals surface area (Å²) in [7, 11) is 0. The molecule has 0 atom stereocenters. The molecule has 10 heteroatoms. The van der Waals surface area contributed by atoms with Crippen molar-refractivity contribution in [1.29, 1.82) is 0 Å². The number of oxazole rings is 1. The second-order valence-corrected chi connectivity index (χ2v) is 7.49. The predicted molar refractivity (Wildman–Crippen MR) is 110 cm³/mol. The van der Waals surface area contributed by atoms with Gasteiger partial charge in [-0.05, 0) is 30.3 Å². The lowest BCUT2D eigenvalue weighted by molar-refractivity contribution is -0.119. The first kappa shape index (κ1) is 19.4. The van der Waals surface area contributed by atoms with Crippen molar-refractivity contribution in [1.82, 2.24) is 9.97 Å². The van der Waals surface area contributed by atoms with E-state index in [-0.39, 0.29) is 5.56 Å². The minimum atomic E-state index is -0.674. The van der Waals surface area contributed by atoms with Gasteiger partial charge >= 0.3 is 5.97 Å². The van der Waals surface area contributed by atoms with Crippen molar-refractivity contribution in [2.75, 3.05) is 11.9 Å². The number of anilines is 1. The van der Waals surface area contributed by atoms with E-state index in [1.165, 1.54) is 17.7 Å². The summed E-state index contributed by atoms with van der Waals surface area (Å²) < 4.78 is 10.2. The fraction of sp³-hybridized carbons (Fsp3) is 0.0526. The molecule has 0 saturated carbocycles. The lowest BCUT2D eigenvalue weighted by Gasteiger charge is -2.05. The summed E-state index contributed by atoms with van der Waals surface area (Å²) in [6.07, 6.45) is 1.24. The van der Waals surface area contributed by atoms with Crippen LogP contribution in [0.1, 0.15) is 10.4 Å². The Morgan fingerprint density at radius 2 is 2.07 bits per heavy atom. The maximum Gasteiger partial charge on any atom is 0.340 e. The number of para-hydroxylation sites is 1. The van der Waals surface area contributed by atoms with Crippen LogP contribution in [0, 0.1) is 0 Å². The lowest BCUT2D eigenvalue weighted by Crippen LogP contribution is -2.21. The van der Waals surface area contributed by atoms with Gasteiger partial charge in [0.15, 0.2) is 23.7 Å². The topological polar surface area (TPSA) is 94.3 Å². The molecule has 0 aliphatic heterocycles. The Bertz CT molecular complexity index is 1220. The number of ether oxygens (including phenoxy) is 1. The molecule has 0 unspecified atom stereocenters. The average Bonchev–Trinajstić information content (AvgIpc) is 3.35. The van der Waals surface area contributed by atoms with Crippen molar-refractivity contribution in [2.24, 2.45) is 0 Å². The first-order valence-corrected chi connectivity index (χ1v) is 9.85. The van der Waals surface area contributed by atoms with Gasteiger partial charge in [0.2, 0.25) is 0 Å². The van der Waals surface area contributed by atoms with Crippen LogP contribution >= 0.6 is 34.5 Å². The van der Waals surface area contributed by atoms with Crippen molar-refractivity contribution >= 4 is 62.6 Å². The van der Waals surface area contributed by atoms with Gasteiger partial charge in [-0.1, -0.05) is 29.3 Å². The highest BCUT2D eigenvalue weighted by atomic mass is 35.5. The van der Waals surface area contributed by atoms with Gasteiger partial charge in [-0.25, -0.2) is 14.8 Å². The fourth-order valence-electron chi connectivity index (χ4n) is 2.57. The highest BCUT2D eigenvalue weighted by Crippen LogP contribution is 2.32. The van der Waals surface area contributed by atoms with E-state index in [0.29, 0.717) is 37.5 Å². The van der Waals surface area contributed by atoms with Gasteiger partial charge < -0.3 is 9.15 Å². The Labute approximate surface area is 178 Å². The second kappa shape index (κ2) is 8.20. The number of hydrogen-bond donors (Lipinski definition) is 1. The summed E-state index contributed by atoms with van der Waals surface area (Å²) >= 11 is 13.3. The van der Waals surface area contributed by atoms with Gasteiger partial charge in [-0.15, -0.1) is 11.3 Å². The largest absolute Gasteiger partial charge is 0.452 e. The number of hydrogen-bond acceptors (Lipinski definition) is 7. The van der Waals surface area contributed by atoms with E-state index in [1.807, 2.05) is 0 Å². The number of carbonyl (C=O) groups excluding carboxylic acids is 2. The number of carbonyl (C=O) groups is 2. The van der Waals surface area contributed by atoms with Crippen LogP contribution in [0.4, 0.5) is 5.13 Å². The molecule has 0 aliphatic carbocycles. The van der Waals surface area contributed by atoms with Gasteiger partial charge in [0.25, 0.3) is 5.91 Å². The molecular weight excluding hydrogens is 437 g/mol. The van der Waals surface area contributed by atoms with E-state index in [2.05, 4.69) is 15.3 Å². The van der Waals surface area contributed by atoms with Crippen LogP contribution in [0.5, 0.6) is 0 Å². The summed E-state index contributed by atoms with van der Waals surface area (Å²) in [5, 5.41) is 5.67.